The molecule has 0 fully saturated rings. The van der Waals surface area contributed by atoms with Gasteiger partial charge in [-0.05, 0) is 41.3 Å². The van der Waals surface area contributed by atoms with E-state index in [9.17, 15) is 9.59 Å². The van der Waals surface area contributed by atoms with Crippen LogP contribution in [0.3, 0.4) is 0 Å². The van der Waals surface area contributed by atoms with Crippen molar-refractivity contribution in [3.63, 3.8) is 0 Å². The third-order valence-corrected chi connectivity index (χ3v) is 5.33. The summed E-state index contributed by atoms with van der Waals surface area (Å²) >= 11 is 6.12. The van der Waals surface area contributed by atoms with Crippen LogP contribution in [0.25, 0.3) is 10.8 Å². The summed E-state index contributed by atoms with van der Waals surface area (Å²) < 4.78 is 0. The van der Waals surface area contributed by atoms with Crippen LogP contribution in [-0.2, 0) is 4.79 Å². The average molecular weight is 409 g/mol. The van der Waals surface area contributed by atoms with Crippen LogP contribution in [0.1, 0.15) is 42.7 Å². The van der Waals surface area contributed by atoms with Crippen LogP contribution in [-0.4, -0.2) is 17.9 Å². The highest BCUT2D eigenvalue weighted by Crippen LogP contribution is 2.24. The first kappa shape index (κ1) is 20.9. The van der Waals surface area contributed by atoms with Gasteiger partial charge in [-0.25, -0.2) is 0 Å². The van der Waals surface area contributed by atoms with Crippen molar-refractivity contribution in [2.45, 2.75) is 32.9 Å². The molecule has 0 saturated carbocycles. The first-order valence-corrected chi connectivity index (χ1v) is 10.1. The molecule has 0 bridgehead atoms. The average Bonchev–Trinajstić information content (AvgIpc) is 2.71. The van der Waals surface area contributed by atoms with Gasteiger partial charge in [0.15, 0.2) is 0 Å². The second-order valence-electron chi connectivity index (χ2n) is 7.47. The molecule has 3 aromatic rings. The summed E-state index contributed by atoms with van der Waals surface area (Å²) in [5.41, 5.74) is 1.39. The molecule has 150 valence electrons. The largest absolute Gasteiger partial charge is 0.348 e. The lowest BCUT2D eigenvalue weighted by molar-refractivity contribution is -0.124. The Morgan fingerprint density at radius 2 is 1.48 bits per heavy atom. The number of fused-ring (bicyclic) bond motifs is 1. The monoisotopic (exact) mass is 408 g/mol. The number of carbonyl (C=O) groups excluding carboxylic acids is 2. The zero-order valence-corrected chi connectivity index (χ0v) is 17.5. The van der Waals surface area contributed by atoms with E-state index in [0.29, 0.717) is 10.6 Å². The maximum atomic E-state index is 13.0. The van der Waals surface area contributed by atoms with Gasteiger partial charge in [-0.1, -0.05) is 80.0 Å². The molecular formula is C24H25ClN2O2. The fourth-order valence-electron chi connectivity index (χ4n) is 3.41. The first-order valence-electron chi connectivity index (χ1n) is 9.72. The van der Waals surface area contributed by atoms with Gasteiger partial charge in [0.25, 0.3) is 5.91 Å². The van der Waals surface area contributed by atoms with E-state index in [1.54, 1.807) is 24.3 Å². The lowest BCUT2D eigenvalue weighted by atomic mass is 9.98. The summed E-state index contributed by atoms with van der Waals surface area (Å²) in [5, 5.41) is 8.47. The quantitative estimate of drug-likeness (QED) is 0.594. The minimum absolute atomic E-state index is 0.0823. The van der Waals surface area contributed by atoms with Crippen molar-refractivity contribution in [3.05, 3.63) is 82.9 Å². The Morgan fingerprint density at radius 1 is 0.828 bits per heavy atom. The number of hydrogen-bond acceptors (Lipinski definition) is 2. The zero-order chi connectivity index (χ0) is 21.0. The van der Waals surface area contributed by atoms with Gasteiger partial charge in [0, 0.05) is 0 Å². The molecule has 2 N–H and O–H groups in total. The zero-order valence-electron chi connectivity index (χ0n) is 16.8. The number of nitrogens with one attached hydrogen (secondary N) is 2. The summed E-state index contributed by atoms with van der Waals surface area (Å²) in [7, 11) is 0. The standard InChI is InChI=1S/C24H25ClN2O2/c1-15(2)22(27-23(28)20-12-6-7-14-21(20)25)24(29)26-16(3)18-13-8-10-17-9-4-5-11-19(17)18/h4-16,22H,1-3H3,(H,26,29)(H,27,28). The molecule has 0 aliphatic carbocycles. The lowest BCUT2D eigenvalue weighted by Gasteiger charge is -2.25. The molecule has 5 heteroatoms. The van der Waals surface area contributed by atoms with E-state index < -0.39 is 6.04 Å². The molecule has 2 unspecified atom stereocenters. The number of amides is 2. The van der Waals surface area contributed by atoms with Crippen LogP contribution in [0.15, 0.2) is 66.7 Å². The maximum absolute atomic E-state index is 13.0. The van der Waals surface area contributed by atoms with E-state index >= 15 is 0 Å². The predicted octanol–water partition coefficient (Wildman–Crippen LogP) is 5.13. The summed E-state index contributed by atoms with van der Waals surface area (Å²) in [6.45, 7) is 5.76. The number of rotatable bonds is 6. The van der Waals surface area contributed by atoms with Gasteiger partial charge in [-0.15, -0.1) is 0 Å². The van der Waals surface area contributed by atoms with E-state index in [1.165, 1.54) is 0 Å². The molecule has 0 spiro atoms. The molecule has 2 amide bonds. The minimum atomic E-state index is -0.670. The Hall–Kier alpha value is -2.85. The van der Waals surface area contributed by atoms with Crippen molar-refractivity contribution in [1.29, 1.82) is 0 Å². The molecule has 2 atom stereocenters. The lowest BCUT2D eigenvalue weighted by Crippen LogP contribution is -2.50. The van der Waals surface area contributed by atoms with E-state index in [2.05, 4.69) is 10.6 Å². The van der Waals surface area contributed by atoms with Crippen molar-refractivity contribution < 1.29 is 9.59 Å². The van der Waals surface area contributed by atoms with Gasteiger partial charge in [0.2, 0.25) is 5.91 Å². The van der Waals surface area contributed by atoms with Crippen molar-refractivity contribution >= 4 is 34.2 Å². The third kappa shape index (κ3) is 4.77. The van der Waals surface area contributed by atoms with E-state index in [4.69, 9.17) is 11.6 Å². The SMILES string of the molecule is CC(NC(=O)C(NC(=O)c1ccccc1Cl)C(C)C)c1cccc2ccccc12. The Labute approximate surface area is 176 Å². The number of halogens is 1. The topological polar surface area (TPSA) is 58.2 Å². The van der Waals surface area contributed by atoms with Gasteiger partial charge in [-0.3, -0.25) is 9.59 Å². The van der Waals surface area contributed by atoms with Gasteiger partial charge in [0.05, 0.1) is 16.6 Å². The van der Waals surface area contributed by atoms with E-state index in [1.807, 2.05) is 63.2 Å². The number of benzene rings is 3. The van der Waals surface area contributed by atoms with Gasteiger partial charge in [-0.2, -0.15) is 0 Å². The summed E-state index contributed by atoms with van der Waals surface area (Å²) in [6.07, 6.45) is 0. The van der Waals surface area contributed by atoms with Crippen LogP contribution in [0.5, 0.6) is 0 Å². The van der Waals surface area contributed by atoms with Crippen LogP contribution in [0.2, 0.25) is 5.02 Å². The van der Waals surface area contributed by atoms with Crippen LogP contribution in [0.4, 0.5) is 0 Å². The Bertz CT molecular complexity index is 1030. The van der Waals surface area contributed by atoms with Crippen molar-refractivity contribution in [3.8, 4) is 0 Å². The van der Waals surface area contributed by atoms with Crippen LogP contribution < -0.4 is 10.6 Å². The molecule has 0 aliphatic rings. The minimum Gasteiger partial charge on any atom is -0.348 e. The molecule has 4 nitrogen and oxygen atoms in total. The van der Waals surface area contributed by atoms with Crippen molar-refractivity contribution in [2.75, 3.05) is 0 Å². The molecule has 3 rings (SSSR count). The highest BCUT2D eigenvalue weighted by molar-refractivity contribution is 6.33. The smallest absolute Gasteiger partial charge is 0.253 e. The summed E-state index contributed by atoms with van der Waals surface area (Å²) in [4.78, 5) is 25.6. The summed E-state index contributed by atoms with van der Waals surface area (Å²) in [5.74, 6) is -0.663. The fourth-order valence-corrected chi connectivity index (χ4v) is 3.63. The van der Waals surface area contributed by atoms with Crippen LogP contribution in [0, 0.1) is 5.92 Å². The highest BCUT2D eigenvalue weighted by atomic mass is 35.5. The Balaban J connectivity index is 1.77. The maximum Gasteiger partial charge on any atom is 0.253 e. The molecule has 3 aromatic carbocycles. The second kappa shape index (κ2) is 9.10. The molecule has 0 aromatic heterocycles. The van der Waals surface area contributed by atoms with Crippen LogP contribution >= 0.6 is 11.6 Å². The summed E-state index contributed by atoms with van der Waals surface area (Å²) in [6, 6.07) is 20.1. The molecule has 0 saturated heterocycles. The molecule has 0 heterocycles. The van der Waals surface area contributed by atoms with E-state index in [0.717, 1.165) is 16.3 Å². The van der Waals surface area contributed by atoms with Gasteiger partial charge >= 0.3 is 0 Å². The predicted molar refractivity (Wildman–Crippen MR) is 118 cm³/mol. The molecule has 0 aliphatic heterocycles. The Kier molecular flexibility index (Phi) is 6.55. The van der Waals surface area contributed by atoms with E-state index in [-0.39, 0.29) is 23.8 Å². The normalized spacial score (nSPS) is 13.1. The van der Waals surface area contributed by atoms with Gasteiger partial charge in [0.1, 0.15) is 6.04 Å². The molecular weight excluding hydrogens is 384 g/mol. The number of carbonyl (C=O) groups is 2. The fraction of sp³-hybridized carbons (Fsp3) is 0.250. The second-order valence-corrected chi connectivity index (χ2v) is 7.88. The van der Waals surface area contributed by atoms with Crippen molar-refractivity contribution in [1.82, 2.24) is 10.6 Å². The van der Waals surface area contributed by atoms with Crippen molar-refractivity contribution in [2.24, 2.45) is 5.92 Å². The molecule has 0 radical (unpaired) electrons. The highest BCUT2D eigenvalue weighted by Gasteiger charge is 2.26. The number of hydrogen-bond donors (Lipinski definition) is 2. The Morgan fingerprint density at radius 3 is 2.21 bits per heavy atom. The first-order chi connectivity index (χ1) is 13.9. The van der Waals surface area contributed by atoms with Gasteiger partial charge < -0.3 is 10.6 Å². The third-order valence-electron chi connectivity index (χ3n) is 5.00. The molecule has 29 heavy (non-hydrogen) atoms.